The van der Waals surface area contributed by atoms with Gasteiger partial charge in [0.25, 0.3) is 0 Å². The van der Waals surface area contributed by atoms with Gasteiger partial charge in [0, 0.05) is 43.9 Å². The summed E-state index contributed by atoms with van der Waals surface area (Å²) in [6.45, 7) is 1.43. The van der Waals surface area contributed by atoms with Crippen LogP contribution < -0.4 is 15.6 Å². The molecule has 2 aromatic heterocycles. The Morgan fingerprint density at radius 1 is 1.41 bits per heavy atom. The average Bonchev–Trinajstić information content (AvgIpc) is 2.58. The van der Waals surface area contributed by atoms with Crippen LogP contribution in [0.4, 0.5) is 11.5 Å². The van der Waals surface area contributed by atoms with Crippen molar-refractivity contribution in [2.75, 3.05) is 23.3 Å². The fourth-order valence-electron chi connectivity index (χ4n) is 2.60. The Bertz CT molecular complexity index is 700. The van der Waals surface area contributed by atoms with Crippen LogP contribution in [0.5, 0.6) is 0 Å². The summed E-state index contributed by atoms with van der Waals surface area (Å²) < 4.78 is 0. The molecule has 2 N–H and O–H groups in total. The molecule has 0 spiro atoms. The molecule has 0 bridgehead atoms. The van der Waals surface area contributed by atoms with E-state index in [-0.39, 0.29) is 22.9 Å². The Balaban J connectivity index is 1.68. The third-order valence-electron chi connectivity index (χ3n) is 3.75. The van der Waals surface area contributed by atoms with Gasteiger partial charge in [0.1, 0.15) is 11.5 Å². The zero-order valence-electron chi connectivity index (χ0n) is 12.0. The van der Waals surface area contributed by atoms with Crippen molar-refractivity contribution < 1.29 is 4.79 Å². The first-order valence-electron chi connectivity index (χ1n) is 7.23. The zero-order chi connectivity index (χ0) is 15.4. The number of aromatic nitrogens is 3. The SMILES string of the molecule is O=C(Nc1c[nH]ccc1=O)C1CCCN(c2cnccn2)C1. The van der Waals surface area contributed by atoms with Gasteiger partial charge in [-0.25, -0.2) is 4.98 Å². The summed E-state index contributed by atoms with van der Waals surface area (Å²) in [7, 11) is 0. The van der Waals surface area contributed by atoms with Gasteiger partial charge in [-0.3, -0.25) is 14.6 Å². The van der Waals surface area contributed by atoms with E-state index in [1.807, 2.05) is 0 Å². The van der Waals surface area contributed by atoms with E-state index in [1.54, 1.807) is 18.6 Å². The smallest absolute Gasteiger partial charge is 0.229 e. The topological polar surface area (TPSA) is 91.0 Å². The van der Waals surface area contributed by atoms with Crippen molar-refractivity contribution in [2.45, 2.75) is 12.8 Å². The highest BCUT2D eigenvalue weighted by Gasteiger charge is 2.27. The van der Waals surface area contributed by atoms with E-state index in [0.717, 1.165) is 25.2 Å². The molecule has 22 heavy (non-hydrogen) atoms. The molecular formula is C15H17N5O2. The Hall–Kier alpha value is -2.70. The van der Waals surface area contributed by atoms with Gasteiger partial charge in [-0.15, -0.1) is 0 Å². The van der Waals surface area contributed by atoms with Crippen molar-refractivity contribution in [3.63, 3.8) is 0 Å². The van der Waals surface area contributed by atoms with Gasteiger partial charge < -0.3 is 15.2 Å². The quantitative estimate of drug-likeness (QED) is 0.883. The molecule has 1 amide bonds. The van der Waals surface area contributed by atoms with Gasteiger partial charge in [-0.1, -0.05) is 0 Å². The largest absolute Gasteiger partial charge is 0.366 e. The standard InChI is InChI=1S/C15H17N5O2/c21-13-3-4-16-8-12(13)19-15(22)11-2-1-7-20(10-11)14-9-17-5-6-18-14/h3-6,8-9,11H,1-2,7,10H2,(H,16,21)(H,19,22). The Morgan fingerprint density at radius 3 is 3.09 bits per heavy atom. The number of amides is 1. The first kappa shape index (κ1) is 14.2. The van der Waals surface area contributed by atoms with Crippen molar-refractivity contribution >= 4 is 17.4 Å². The highest BCUT2D eigenvalue weighted by molar-refractivity contribution is 5.92. The lowest BCUT2D eigenvalue weighted by molar-refractivity contribution is -0.120. The van der Waals surface area contributed by atoms with Crippen LogP contribution in [0, 0.1) is 5.92 Å². The Labute approximate surface area is 127 Å². The molecular weight excluding hydrogens is 282 g/mol. The number of anilines is 2. The number of aromatic amines is 1. The predicted octanol–water partition coefficient (Wildman–Crippen LogP) is 1.02. The van der Waals surface area contributed by atoms with Crippen molar-refractivity contribution in [1.82, 2.24) is 15.0 Å². The molecule has 1 aliphatic rings. The van der Waals surface area contributed by atoms with Crippen LogP contribution in [0.2, 0.25) is 0 Å². The average molecular weight is 299 g/mol. The lowest BCUT2D eigenvalue weighted by Crippen LogP contribution is -2.41. The van der Waals surface area contributed by atoms with Crippen LogP contribution in [0.25, 0.3) is 0 Å². The molecule has 7 nitrogen and oxygen atoms in total. The number of carbonyl (C=O) groups is 1. The number of hydrogen-bond donors (Lipinski definition) is 2. The molecule has 0 aromatic carbocycles. The lowest BCUT2D eigenvalue weighted by Gasteiger charge is -2.32. The maximum atomic E-state index is 12.4. The molecule has 1 unspecified atom stereocenters. The monoisotopic (exact) mass is 299 g/mol. The van der Waals surface area contributed by atoms with E-state index in [9.17, 15) is 9.59 Å². The molecule has 1 saturated heterocycles. The summed E-state index contributed by atoms with van der Waals surface area (Å²) in [5.41, 5.74) is 0.0813. The van der Waals surface area contributed by atoms with Crippen LogP contribution in [0.15, 0.2) is 41.8 Å². The van der Waals surface area contributed by atoms with Crippen LogP contribution in [0.3, 0.4) is 0 Å². The fraction of sp³-hybridized carbons (Fsp3) is 0.333. The minimum Gasteiger partial charge on any atom is -0.366 e. The molecule has 3 rings (SSSR count). The normalized spacial score (nSPS) is 18.0. The molecule has 0 aliphatic carbocycles. The summed E-state index contributed by atoms with van der Waals surface area (Å²) in [5, 5.41) is 2.71. The summed E-state index contributed by atoms with van der Waals surface area (Å²) in [6.07, 6.45) is 9.70. The molecule has 0 saturated carbocycles. The van der Waals surface area contributed by atoms with Crippen molar-refractivity contribution in [2.24, 2.45) is 5.92 Å². The van der Waals surface area contributed by atoms with Crippen LogP contribution >= 0.6 is 0 Å². The maximum absolute atomic E-state index is 12.4. The minimum atomic E-state index is -0.200. The summed E-state index contributed by atoms with van der Waals surface area (Å²) in [4.78, 5) is 37.2. The van der Waals surface area contributed by atoms with Crippen molar-refractivity contribution in [1.29, 1.82) is 0 Å². The lowest BCUT2D eigenvalue weighted by atomic mass is 9.97. The van der Waals surface area contributed by atoms with E-state index in [4.69, 9.17) is 0 Å². The number of nitrogens with zero attached hydrogens (tertiary/aromatic N) is 3. The molecule has 1 fully saturated rings. The van der Waals surface area contributed by atoms with Gasteiger partial charge in [-0.2, -0.15) is 0 Å². The number of rotatable bonds is 3. The van der Waals surface area contributed by atoms with Crippen molar-refractivity contribution in [3.8, 4) is 0 Å². The highest BCUT2D eigenvalue weighted by atomic mass is 16.2. The number of hydrogen-bond acceptors (Lipinski definition) is 5. The van der Waals surface area contributed by atoms with Gasteiger partial charge in [0.2, 0.25) is 11.3 Å². The van der Waals surface area contributed by atoms with E-state index in [2.05, 4.69) is 25.2 Å². The maximum Gasteiger partial charge on any atom is 0.229 e. The third-order valence-corrected chi connectivity index (χ3v) is 3.75. The summed E-state index contributed by atoms with van der Waals surface area (Å²) in [6, 6.07) is 1.39. The zero-order valence-corrected chi connectivity index (χ0v) is 12.0. The highest BCUT2D eigenvalue weighted by Crippen LogP contribution is 2.21. The fourth-order valence-corrected chi connectivity index (χ4v) is 2.60. The number of pyridine rings is 1. The first-order valence-corrected chi connectivity index (χ1v) is 7.23. The Kier molecular flexibility index (Phi) is 4.13. The van der Waals surface area contributed by atoms with Crippen LogP contribution in [0.1, 0.15) is 12.8 Å². The minimum absolute atomic E-state index is 0.134. The second kappa shape index (κ2) is 6.38. The predicted molar refractivity (Wildman–Crippen MR) is 82.7 cm³/mol. The van der Waals surface area contributed by atoms with Gasteiger partial charge in [0.05, 0.1) is 12.1 Å². The summed E-state index contributed by atoms with van der Waals surface area (Å²) in [5.74, 6) is 0.471. The number of nitrogens with one attached hydrogen (secondary N) is 2. The van der Waals surface area contributed by atoms with Crippen molar-refractivity contribution in [3.05, 3.63) is 47.3 Å². The van der Waals surface area contributed by atoms with Gasteiger partial charge in [0.15, 0.2) is 0 Å². The van der Waals surface area contributed by atoms with E-state index >= 15 is 0 Å². The third kappa shape index (κ3) is 3.13. The van der Waals surface area contributed by atoms with E-state index in [1.165, 1.54) is 18.5 Å². The van der Waals surface area contributed by atoms with E-state index < -0.39 is 0 Å². The first-order chi connectivity index (χ1) is 10.7. The van der Waals surface area contributed by atoms with Gasteiger partial charge >= 0.3 is 0 Å². The molecule has 114 valence electrons. The number of piperidine rings is 1. The number of carbonyl (C=O) groups excluding carboxylic acids is 1. The summed E-state index contributed by atoms with van der Waals surface area (Å²) >= 11 is 0. The molecule has 1 atom stereocenters. The number of H-pyrrole nitrogens is 1. The van der Waals surface area contributed by atoms with Crippen LogP contribution in [-0.2, 0) is 4.79 Å². The van der Waals surface area contributed by atoms with Crippen LogP contribution in [-0.4, -0.2) is 33.9 Å². The second-order valence-electron chi connectivity index (χ2n) is 5.26. The molecule has 1 aliphatic heterocycles. The Morgan fingerprint density at radius 2 is 2.32 bits per heavy atom. The molecule has 3 heterocycles. The molecule has 2 aromatic rings. The van der Waals surface area contributed by atoms with E-state index in [0.29, 0.717) is 6.54 Å². The van der Waals surface area contributed by atoms with Gasteiger partial charge in [-0.05, 0) is 12.8 Å². The molecule has 7 heteroatoms. The molecule has 0 radical (unpaired) electrons. The second-order valence-corrected chi connectivity index (χ2v) is 5.26.